The number of nitrogens with zero attached hydrogens (tertiary/aromatic N) is 1. The molecule has 1 nitrogen and oxygen atoms in total. The van der Waals surface area contributed by atoms with Gasteiger partial charge in [-0.25, -0.2) is 0 Å². The van der Waals surface area contributed by atoms with Crippen molar-refractivity contribution in [3.05, 3.63) is 39.2 Å². The molecule has 0 amide bonds. The van der Waals surface area contributed by atoms with Gasteiger partial charge in [0, 0.05) is 0 Å². The van der Waals surface area contributed by atoms with Crippen molar-refractivity contribution in [2.75, 3.05) is 0 Å². The standard InChI is InChI=1S/C14H6F3NS2Se2/c15-14(16,17)13-18-9-10(7-3-1-5-21-7)19-11(12(9)20-13)8-4-2-6-22-8/h1-6H. The monoisotopic (exact) mass is 469 g/mol. The van der Waals surface area contributed by atoms with Crippen LogP contribution in [0.4, 0.5) is 13.2 Å². The van der Waals surface area contributed by atoms with Crippen LogP contribution in [-0.2, 0) is 6.18 Å². The first-order chi connectivity index (χ1) is 10.5. The summed E-state index contributed by atoms with van der Waals surface area (Å²) in [7, 11) is 0. The van der Waals surface area contributed by atoms with Crippen molar-refractivity contribution in [1.82, 2.24) is 4.98 Å². The molecule has 0 saturated heterocycles. The Hall–Kier alpha value is -0.621. The molecule has 0 bridgehead atoms. The zero-order valence-corrected chi connectivity index (χ0v) is 15.7. The van der Waals surface area contributed by atoms with Gasteiger partial charge in [0.1, 0.15) is 0 Å². The van der Waals surface area contributed by atoms with Crippen LogP contribution in [0.5, 0.6) is 0 Å². The number of halogens is 3. The zero-order valence-electron chi connectivity index (χ0n) is 10.7. The Kier molecular flexibility index (Phi) is 3.72. The van der Waals surface area contributed by atoms with Crippen LogP contribution in [0, 0.1) is 0 Å². The molecule has 4 rings (SSSR count). The van der Waals surface area contributed by atoms with Crippen molar-refractivity contribution >= 4 is 61.9 Å². The number of hydrogen-bond donors (Lipinski definition) is 0. The van der Waals surface area contributed by atoms with Gasteiger partial charge in [-0.3, -0.25) is 0 Å². The topological polar surface area (TPSA) is 12.9 Å². The number of thiazole rings is 1. The predicted molar refractivity (Wildman–Crippen MR) is 87.3 cm³/mol. The van der Waals surface area contributed by atoms with Crippen molar-refractivity contribution in [2.24, 2.45) is 0 Å². The normalized spacial score (nSPS) is 12.3. The minimum absolute atomic E-state index is 0.185. The van der Waals surface area contributed by atoms with Gasteiger partial charge in [0.15, 0.2) is 0 Å². The Balaban J connectivity index is 2.02. The van der Waals surface area contributed by atoms with Gasteiger partial charge in [-0.1, -0.05) is 0 Å². The Morgan fingerprint density at radius 3 is 2.09 bits per heavy atom. The summed E-state index contributed by atoms with van der Waals surface area (Å²) in [6.45, 7) is 0. The van der Waals surface area contributed by atoms with E-state index in [1.165, 1.54) is 0 Å². The minimum atomic E-state index is -4.38. The second-order valence-electron chi connectivity index (χ2n) is 4.41. The average molecular weight is 467 g/mol. The number of rotatable bonds is 2. The van der Waals surface area contributed by atoms with Crippen LogP contribution in [0.25, 0.3) is 28.8 Å². The molecule has 0 radical (unpaired) electrons. The molecule has 0 aliphatic carbocycles. The molecule has 0 aliphatic rings. The van der Waals surface area contributed by atoms with Gasteiger partial charge >= 0.3 is 144 Å². The molecule has 4 aromatic rings. The van der Waals surface area contributed by atoms with E-state index < -0.39 is 11.2 Å². The Morgan fingerprint density at radius 2 is 1.55 bits per heavy atom. The summed E-state index contributed by atoms with van der Waals surface area (Å²) in [6, 6.07) is 7.95. The molecule has 0 spiro atoms. The third-order valence-electron chi connectivity index (χ3n) is 2.99. The number of alkyl halides is 3. The molecule has 8 heteroatoms. The second kappa shape index (κ2) is 5.48. The van der Waals surface area contributed by atoms with Gasteiger partial charge < -0.3 is 0 Å². The summed E-state index contributed by atoms with van der Waals surface area (Å²) in [4.78, 5) is 9.95. The SMILES string of the molecule is FC(F)(F)c1nc2c(-c3ccc[se]3)sc(-c3ccc[se]3)c2s1. The van der Waals surface area contributed by atoms with E-state index in [9.17, 15) is 13.2 Å². The molecule has 0 N–H and O–H groups in total. The summed E-state index contributed by atoms with van der Waals surface area (Å²) in [5.41, 5.74) is 0.526. The van der Waals surface area contributed by atoms with Crippen LogP contribution >= 0.6 is 22.7 Å². The van der Waals surface area contributed by atoms with E-state index in [2.05, 4.69) is 14.9 Å². The first-order valence-electron chi connectivity index (χ1n) is 6.12. The molecule has 22 heavy (non-hydrogen) atoms. The predicted octanol–water partition coefficient (Wildman–Crippen LogP) is 4.82. The molecule has 4 aromatic heterocycles. The van der Waals surface area contributed by atoms with Crippen LogP contribution in [0.1, 0.15) is 5.01 Å². The van der Waals surface area contributed by atoms with Crippen LogP contribution in [0.2, 0.25) is 0 Å². The number of thiophene rings is 1. The van der Waals surface area contributed by atoms with Crippen molar-refractivity contribution in [3.8, 4) is 18.6 Å². The van der Waals surface area contributed by atoms with Crippen LogP contribution in [0.3, 0.4) is 0 Å². The first-order valence-corrected chi connectivity index (χ1v) is 11.4. The summed E-state index contributed by atoms with van der Waals surface area (Å²) < 4.78 is 42.0. The molecule has 112 valence electrons. The zero-order chi connectivity index (χ0) is 15.3. The van der Waals surface area contributed by atoms with Gasteiger partial charge in [-0.05, 0) is 0 Å². The van der Waals surface area contributed by atoms with Crippen molar-refractivity contribution in [1.29, 1.82) is 0 Å². The number of aromatic nitrogens is 1. The average Bonchev–Trinajstić information content (AvgIpc) is 3.22. The molecule has 0 atom stereocenters. The molecule has 0 saturated carbocycles. The van der Waals surface area contributed by atoms with Gasteiger partial charge in [0.05, 0.1) is 0 Å². The van der Waals surface area contributed by atoms with Crippen molar-refractivity contribution in [3.63, 3.8) is 0 Å². The molecular weight excluding hydrogens is 461 g/mol. The van der Waals surface area contributed by atoms with E-state index in [0.29, 0.717) is 10.2 Å². The van der Waals surface area contributed by atoms with E-state index in [0.717, 1.165) is 30.0 Å². The fraction of sp³-hybridized carbons (Fsp3) is 0.0714. The van der Waals surface area contributed by atoms with Crippen molar-refractivity contribution in [2.45, 2.75) is 6.18 Å². The van der Waals surface area contributed by atoms with Crippen LogP contribution in [0.15, 0.2) is 34.1 Å². The van der Waals surface area contributed by atoms with E-state index in [4.69, 9.17) is 0 Å². The fourth-order valence-electron chi connectivity index (χ4n) is 2.09. The van der Waals surface area contributed by atoms with Gasteiger partial charge in [0.2, 0.25) is 0 Å². The Bertz CT molecular complexity index is 851. The van der Waals surface area contributed by atoms with E-state index >= 15 is 0 Å². The van der Waals surface area contributed by atoms with Gasteiger partial charge in [-0.2, -0.15) is 0 Å². The maximum atomic E-state index is 13.0. The quantitative estimate of drug-likeness (QED) is 0.386. The molecular formula is C14H6F3NS2Se2. The van der Waals surface area contributed by atoms with Crippen LogP contribution < -0.4 is 0 Å². The van der Waals surface area contributed by atoms with Gasteiger partial charge in [0.25, 0.3) is 0 Å². The summed E-state index contributed by atoms with van der Waals surface area (Å²) in [5.74, 6) is 0. The summed E-state index contributed by atoms with van der Waals surface area (Å²) >= 11 is 2.75. The van der Waals surface area contributed by atoms with E-state index in [-0.39, 0.29) is 29.0 Å². The Labute approximate surface area is 143 Å². The fourth-order valence-corrected chi connectivity index (χ4v) is 8.24. The molecule has 0 aromatic carbocycles. The summed E-state index contributed by atoms with van der Waals surface area (Å²) in [5, 5.41) is -0.745. The Morgan fingerprint density at radius 1 is 0.909 bits per heavy atom. The number of fused-ring (bicyclic) bond motifs is 1. The molecule has 4 heterocycles. The van der Waals surface area contributed by atoms with Gasteiger partial charge in [-0.15, -0.1) is 0 Å². The third kappa shape index (κ3) is 2.48. The first kappa shape index (κ1) is 14.9. The molecule has 0 aliphatic heterocycles. The van der Waals surface area contributed by atoms with Crippen molar-refractivity contribution < 1.29 is 13.2 Å². The summed E-state index contributed by atoms with van der Waals surface area (Å²) in [6.07, 6.45) is -4.38. The number of hydrogen-bond acceptors (Lipinski definition) is 3. The molecule has 0 fully saturated rings. The van der Waals surface area contributed by atoms with Crippen LogP contribution in [-0.4, -0.2) is 34.0 Å². The van der Waals surface area contributed by atoms with E-state index in [1.807, 2.05) is 24.3 Å². The molecule has 0 unspecified atom stereocenters. The second-order valence-corrected chi connectivity index (χ2v) is 10.4. The maximum absolute atomic E-state index is 13.0. The third-order valence-corrected chi connectivity index (χ3v) is 9.78. The van der Waals surface area contributed by atoms with E-state index in [1.54, 1.807) is 11.3 Å².